The number of benzene rings is 3. The fraction of sp³-hybridized carbons (Fsp3) is 0.0526. The van der Waals surface area contributed by atoms with Crippen LogP contribution in [0.3, 0.4) is 0 Å². The van der Waals surface area contributed by atoms with Gasteiger partial charge in [0.25, 0.3) is 0 Å². The number of rotatable bonds is 2. The molecule has 1 heterocycles. The van der Waals surface area contributed by atoms with Crippen LogP contribution in [-0.2, 0) is 9.84 Å². The first kappa shape index (κ1) is 14.8. The van der Waals surface area contributed by atoms with Gasteiger partial charge in [-0.3, -0.25) is 0 Å². The van der Waals surface area contributed by atoms with E-state index in [9.17, 15) is 8.42 Å². The molecule has 4 nitrogen and oxygen atoms in total. The van der Waals surface area contributed by atoms with Gasteiger partial charge in [0, 0.05) is 0 Å². The number of hydrogen-bond acceptors (Lipinski definition) is 4. The molecular weight excluding hydrogens is 322 g/mol. The number of aryl methyl sites for hydroxylation is 1. The summed E-state index contributed by atoms with van der Waals surface area (Å²) < 4.78 is 32.0. The molecule has 0 bridgehead atoms. The minimum Gasteiger partial charge on any atom is -0.453 e. The summed E-state index contributed by atoms with van der Waals surface area (Å²) >= 11 is 0. The number of para-hydroxylation sites is 3. The number of hydrogen-bond donors (Lipinski definition) is 1. The fourth-order valence-electron chi connectivity index (χ4n) is 2.76. The summed E-state index contributed by atoms with van der Waals surface area (Å²) in [7, 11) is -3.65. The Morgan fingerprint density at radius 3 is 2.46 bits per heavy atom. The molecule has 0 spiro atoms. The van der Waals surface area contributed by atoms with Crippen LogP contribution in [0.5, 0.6) is 11.5 Å². The molecule has 3 aromatic carbocycles. The largest absolute Gasteiger partial charge is 0.453 e. The minimum absolute atomic E-state index is 0.208. The topological polar surface area (TPSA) is 55.4 Å². The van der Waals surface area contributed by atoms with Gasteiger partial charge in [0.1, 0.15) is 5.69 Å². The van der Waals surface area contributed by atoms with Crippen LogP contribution in [0.25, 0.3) is 0 Å². The molecule has 0 aromatic heterocycles. The highest BCUT2D eigenvalue weighted by atomic mass is 32.2. The zero-order valence-corrected chi connectivity index (χ0v) is 13.8. The number of ether oxygens (including phenoxy) is 1. The van der Waals surface area contributed by atoms with E-state index in [-0.39, 0.29) is 9.79 Å². The lowest BCUT2D eigenvalue weighted by molar-refractivity contribution is 0.479. The van der Waals surface area contributed by atoms with Crippen molar-refractivity contribution in [3.63, 3.8) is 0 Å². The van der Waals surface area contributed by atoms with Crippen molar-refractivity contribution in [2.75, 3.05) is 5.32 Å². The highest BCUT2D eigenvalue weighted by Crippen LogP contribution is 2.45. The molecule has 1 N–H and O–H groups in total. The molecule has 0 amide bonds. The normalized spacial score (nSPS) is 12.5. The van der Waals surface area contributed by atoms with Crippen LogP contribution >= 0.6 is 0 Å². The van der Waals surface area contributed by atoms with Gasteiger partial charge in [-0.2, -0.15) is 0 Å². The second-order valence-electron chi connectivity index (χ2n) is 5.67. The van der Waals surface area contributed by atoms with Crippen molar-refractivity contribution < 1.29 is 13.2 Å². The maximum atomic E-state index is 13.1. The van der Waals surface area contributed by atoms with E-state index in [1.807, 2.05) is 37.3 Å². The second kappa shape index (κ2) is 5.39. The summed E-state index contributed by atoms with van der Waals surface area (Å²) in [5.74, 6) is 1.18. The van der Waals surface area contributed by atoms with Crippen molar-refractivity contribution >= 4 is 21.2 Å². The molecule has 0 saturated carbocycles. The molecule has 3 aromatic rings. The van der Waals surface area contributed by atoms with Crippen LogP contribution < -0.4 is 10.1 Å². The minimum atomic E-state index is -3.65. The molecule has 0 unspecified atom stereocenters. The smallest absolute Gasteiger partial charge is 0.208 e. The molecule has 0 atom stereocenters. The Labute approximate surface area is 140 Å². The van der Waals surface area contributed by atoms with Crippen molar-refractivity contribution in [3.05, 3.63) is 72.3 Å². The van der Waals surface area contributed by atoms with Gasteiger partial charge in [-0.05, 0) is 48.9 Å². The third-order valence-electron chi connectivity index (χ3n) is 3.94. The van der Waals surface area contributed by atoms with Crippen molar-refractivity contribution in [2.45, 2.75) is 16.7 Å². The number of sulfone groups is 1. The Morgan fingerprint density at radius 1 is 0.875 bits per heavy atom. The van der Waals surface area contributed by atoms with Gasteiger partial charge in [-0.25, -0.2) is 8.42 Å². The zero-order chi connectivity index (χ0) is 16.7. The average Bonchev–Trinajstić information content (AvgIpc) is 2.59. The van der Waals surface area contributed by atoms with Crippen LogP contribution in [0.2, 0.25) is 0 Å². The first-order valence-electron chi connectivity index (χ1n) is 7.54. The standard InChI is InChI=1S/C19H15NO3S/c1-13-6-4-7-14(12-13)24(21,22)18-11-5-10-17-19(18)20-15-8-2-3-9-16(15)23-17/h2-12,20H,1H3. The highest BCUT2D eigenvalue weighted by molar-refractivity contribution is 7.91. The van der Waals surface area contributed by atoms with E-state index in [1.165, 1.54) is 0 Å². The van der Waals surface area contributed by atoms with Crippen molar-refractivity contribution in [1.82, 2.24) is 0 Å². The van der Waals surface area contributed by atoms with Crippen molar-refractivity contribution in [3.8, 4) is 11.5 Å². The summed E-state index contributed by atoms with van der Waals surface area (Å²) in [6.45, 7) is 1.87. The first-order valence-corrected chi connectivity index (χ1v) is 9.03. The van der Waals surface area contributed by atoms with Gasteiger partial charge in [0.15, 0.2) is 11.5 Å². The van der Waals surface area contributed by atoms with Crippen LogP contribution in [-0.4, -0.2) is 8.42 Å². The first-order chi connectivity index (χ1) is 11.6. The average molecular weight is 337 g/mol. The summed E-state index contributed by atoms with van der Waals surface area (Å²) in [6.07, 6.45) is 0. The zero-order valence-electron chi connectivity index (χ0n) is 13.0. The Bertz CT molecular complexity index is 1040. The van der Waals surface area contributed by atoms with Crippen molar-refractivity contribution in [2.24, 2.45) is 0 Å². The molecule has 120 valence electrons. The number of fused-ring (bicyclic) bond motifs is 2. The third-order valence-corrected chi connectivity index (χ3v) is 5.74. The molecule has 5 heteroatoms. The van der Waals surface area contributed by atoms with E-state index in [0.29, 0.717) is 17.2 Å². The van der Waals surface area contributed by atoms with E-state index >= 15 is 0 Å². The Kier molecular flexibility index (Phi) is 3.32. The molecular formula is C19H15NO3S. The lowest BCUT2D eigenvalue weighted by atomic mass is 10.2. The van der Waals surface area contributed by atoms with E-state index in [2.05, 4.69) is 5.32 Å². The predicted molar refractivity (Wildman–Crippen MR) is 92.9 cm³/mol. The van der Waals surface area contributed by atoms with Crippen LogP contribution in [0.15, 0.2) is 76.5 Å². The SMILES string of the molecule is Cc1cccc(S(=O)(=O)c2cccc3c2Nc2ccccc2O3)c1. The molecule has 0 aliphatic carbocycles. The maximum absolute atomic E-state index is 13.1. The Balaban J connectivity index is 1.87. The van der Waals surface area contributed by atoms with Crippen LogP contribution in [0, 0.1) is 6.92 Å². The van der Waals surface area contributed by atoms with E-state index < -0.39 is 9.84 Å². The van der Waals surface area contributed by atoms with Gasteiger partial charge in [-0.15, -0.1) is 0 Å². The molecule has 24 heavy (non-hydrogen) atoms. The lowest BCUT2D eigenvalue weighted by Crippen LogP contribution is -2.10. The van der Waals surface area contributed by atoms with Gasteiger partial charge >= 0.3 is 0 Å². The molecule has 1 aliphatic rings. The molecule has 0 saturated heterocycles. The summed E-state index contributed by atoms with van der Waals surface area (Å²) in [5, 5.41) is 3.20. The van der Waals surface area contributed by atoms with E-state index in [0.717, 1.165) is 11.3 Å². The van der Waals surface area contributed by atoms with Gasteiger partial charge in [-0.1, -0.05) is 30.3 Å². The fourth-order valence-corrected chi connectivity index (χ4v) is 4.30. The van der Waals surface area contributed by atoms with Gasteiger partial charge in [0.05, 0.1) is 15.5 Å². The summed E-state index contributed by atoms with van der Waals surface area (Å²) in [6, 6.07) is 19.4. The number of nitrogens with one attached hydrogen (secondary N) is 1. The van der Waals surface area contributed by atoms with Crippen molar-refractivity contribution in [1.29, 1.82) is 0 Å². The molecule has 0 radical (unpaired) electrons. The monoisotopic (exact) mass is 337 g/mol. The highest BCUT2D eigenvalue weighted by Gasteiger charge is 2.27. The second-order valence-corrected chi connectivity index (χ2v) is 7.59. The molecule has 0 fully saturated rings. The van der Waals surface area contributed by atoms with E-state index in [4.69, 9.17) is 4.74 Å². The van der Waals surface area contributed by atoms with Gasteiger partial charge < -0.3 is 10.1 Å². The summed E-state index contributed by atoms with van der Waals surface area (Å²) in [5.41, 5.74) is 2.12. The lowest BCUT2D eigenvalue weighted by Gasteiger charge is -2.23. The van der Waals surface area contributed by atoms with Crippen LogP contribution in [0.1, 0.15) is 5.56 Å². The summed E-state index contributed by atoms with van der Waals surface area (Å²) in [4.78, 5) is 0.483. The number of anilines is 2. The Hall–Kier alpha value is -2.79. The predicted octanol–water partition coefficient (Wildman–Crippen LogP) is 4.68. The Morgan fingerprint density at radius 2 is 1.62 bits per heavy atom. The van der Waals surface area contributed by atoms with Gasteiger partial charge in [0.2, 0.25) is 9.84 Å². The third kappa shape index (κ3) is 2.34. The van der Waals surface area contributed by atoms with E-state index in [1.54, 1.807) is 36.4 Å². The quantitative estimate of drug-likeness (QED) is 0.577. The molecule has 4 rings (SSSR count). The maximum Gasteiger partial charge on any atom is 0.208 e. The molecule has 1 aliphatic heterocycles. The van der Waals surface area contributed by atoms with Crippen LogP contribution in [0.4, 0.5) is 11.4 Å².